The Morgan fingerprint density at radius 2 is 1.72 bits per heavy atom. The maximum absolute atomic E-state index is 13.1. The van der Waals surface area contributed by atoms with Crippen LogP contribution in [-0.2, 0) is 10.2 Å². The van der Waals surface area contributed by atoms with Crippen molar-refractivity contribution in [2.45, 2.75) is 47.0 Å². The van der Waals surface area contributed by atoms with E-state index in [-0.39, 0.29) is 22.5 Å². The molecule has 0 bridgehead atoms. The number of rotatable bonds is 2. The lowest BCUT2D eigenvalue weighted by Gasteiger charge is -2.30. The standard InChI is InChI=1S/C20H31N3O2/c1-19(2,3)10-15(18(25)23-12-21-11-22-13-23)14-7-8-17(24)16(9-14)20(4,5)6/h7-10,21-22,24H,11-13H2,1-6H3. The number of benzene rings is 1. The highest BCUT2D eigenvalue weighted by Crippen LogP contribution is 2.34. The van der Waals surface area contributed by atoms with Crippen LogP contribution < -0.4 is 10.6 Å². The number of aromatic hydroxyl groups is 1. The van der Waals surface area contributed by atoms with Crippen LogP contribution in [-0.4, -0.2) is 35.9 Å². The van der Waals surface area contributed by atoms with Gasteiger partial charge in [-0.3, -0.25) is 15.4 Å². The highest BCUT2D eigenvalue weighted by molar-refractivity contribution is 6.19. The van der Waals surface area contributed by atoms with E-state index in [1.54, 1.807) is 11.0 Å². The van der Waals surface area contributed by atoms with Gasteiger partial charge in [0.25, 0.3) is 5.91 Å². The molecule has 5 heteroatoms. The fourth-order valence-corrected chi connectivity index (χ4v) is 2.85. The molecule has 0 saturated carbocycles. The second-order valence-corrected chi connectivity index (χ2v) is 8.74. The second kappa shape index (κ2) is 7.18. The van der Waals surface area contributed by atoms with Crippen molar-refractivity contribution in [3.8, 4) is 5.75 Å². The molecule has 1 fully saturated rings. The number of hydrogen-bond acceptors (Lipinski definition) is 4. The largest absolute Gasteiger partial charge is 0.508 e. The van der Waals surface area contributed by atoms with Gasteiger partial charge in [0.1, 0.15) is 5.75 Å². The minimum Gasteiger partial charge on any atom is -0.508 e. The minimum atomic E-state index is -0.204. The fraction of sp³-hybridized carbons (Fsp3) is 0.550. The Labute approximate surface area is 151 Å². The second-order valence-electron chi connectivity index (χ2n) is 8.74. The molecule has 1 aromatic carbocycles. The smallest absolute Gasteiger partial charge is 0.256 e. The van der Waals surface area contributed by atoms with Gasteiger partial charge in [-0.1, -0.05) is 53.7 Å². The zero-order chi connectivity index (χ0) is 18.8. The molecule has 1 saturated heterocycles. The van der Waals surface area contributed by atoms with E-state index in [0.717, 1.165) is 11.1 Å². The predicted octanol–water partition coefficient (Wildman–Crippen LogP) is 3.01. The number of phenols is 1. The van der Waals surface area contributed by atoms with Crippen molar-refractivity contribution >= 4 is 11.5 Å². The van der Waals surface area contributed by atoms with E-state index in [1.165, 1.54) is 0 Å². The molecule has 0 spiro atoms. The Kier molecular flexibility index (Phi) is 5.59. The molecule has 25 heavy (non-hydrogen) atoms. The molecule has 1 amide bonds. The van der Waals surface area contributed by atoms with Crippen LogP contribution in [0.4, 0.5) is 0 Å². The van der Waals surface area contributed by atoms with Crippen LogP contribution in [0.15, 0.2) is 24.3 Å². The van der Waals surface area contributed by atoms with Gasteiger partial charge in [-0.2, -0.15) is 0 Å². The number of carbonyl (C=O) groups is 1. The molecule has 1 aromatic rings. The van der Waals surface area contributed by atoms with E-state index in [0.29, 0.717) is 25.6 Å². The van der Waals surface area contributed by atoms with Gasteiger partial charge in [-0.25, -0.2) is 0 Å². The van der Waals surface area contributed by atoms with Crippen LogP contribution in [0.3, 0.4) is 0 Å². The average Bonchev–Trinajstić information content (AvgIpc) is 2.51. The molecular formula is C20H31N3O2. The van der Waals surface area contributed by atoms with Gasteiger partial charge >= 0.3 is 0 Å². The number of carbonyl (C=O) groups excluding carboxylic acids is 1. The molecule has 0 atom stereocenters. The van der Waals surface area contributed by atoms with E-state index >= 15 is 0 Å². The summed E-state index contributed by atoms with van der Waals surface area (Å²) in [6, 6.07) is 5.45. The predicted molar refractivity (Wildman–Crippen MR) is 102 cm³/mol. The van der Waals surface area contributed by atoms with E-state index in [2.05, 4.69) is 52.2 Å². The third-order valence-electron chi connectivity index (χ3n) is 4.07. The summed E-state index contributed by atoms with van der Waals surface area (Å²) in [6.45, 7) is 14.2. The van der Waals surface area contributed by atoms with E-state index in [1.807, 2.05) is 18.2 Å². The number of phenolic OH excluding ortho intramolecular Hbond substituents is 1. The summed E-state index contributed by atoms with van der Waals surface area (Å²) in [5, 5.41) is 16.6. The molecule has 1 aliphatic heterocycles. The zero-order valence-electron chi connectivity index (χ0n) is 16.2. The Morgan fingerprint density at radius 3 is 2.24 bits per heavy atom. The van der Waals surface area contributed by atoms with Crippen molar-refractivity contribution < 1.29 is 9.90 Å². The molecule has 0 radical (unpaired) electrons. The van der Waals surface area contributed by atoms with Crippen LogP contribution >= 0.6 is 0 Å². The van der Waals surface area contributed by atoms with Gasteiger partial charge in [0, 0.05) is 12.2 Å². The lowest BCUT2D eigenvalue weighted by Crippen LogP contribution is -2.53. The van der Waals surface area contributed by atoms with Gasteiger partial charge in [-0.15, -0.1) is 0 Å². The van der Waals surface area contributed by atoms with Crippen molar-refractivity contribution in [2.75, 3.05) is 20.0 Å². The number of nitrogens with one attached hydrogen (secondary N) is 2. The van der Waals surface area contributed by atoms with E-state index < -0.39 is 0 Å². The van der Waals surface area contributed by atoms with Gasteiger partial charge in [-0.05, 0) is 34.1 Å². The summed E-state index contributed by atoms with van der Waals surface area (Å²) in [7, 11) is 0. The Bertz CT molecular complexity index is 660. The molecule has 0 unspecified atom stereocenters. The number of allylic oxidation sites excluding steroid dienone is 1. The fourth-order valence-electron chi connectivity index (χ4n) is 2.85. The van der Waals surface area contributed by atoms with Crippen molar-refractivity contribution in [3.63, 3.8) is 0 Å². The summed E-state index contributed by atoms with van der Waals surface area (Å²) in [5.74, 6) is 0.250. The monoisotopic (exact) mass is 345 g/mol. The van der Waals surface area contributed by atoms with Gasteiger partial charge in [0.15, 0.2) is 0 Å². The van der Waals surface area contributed by atoms with Gasteiger partial charge in [0.2, 0.25) is 0 Å². The molecule has 2 rings (SSSR count). The normalized spacial score (nSPS) is 16.9. The average molecular weight is 345 g/mol. The first-order chi connectivity index (χ1) is 11.5. The van der Waals surface area contributed by atoms with Crippen LogP contribution in [0.5, 0.6) is 5.75 Å². The zero-order valence-corrected chi connectivity index (χ0v) is 16.2. The highest BCUT2D eigenvalue weighted by atomic mass is 16.3. The summed E-state index contributed by atoms with van der Waals surface area (Å²) >= 11 is 0. The van der Waals surface area contributed by atoms with E-state index in [9.17, 15) is 9.90 Å². The Morgan fingerprint density at radius 1 is 1.12 bits per heavy atom. The Hall–Kier alpha value is -1.85. The molecule has 3 N–H and O–H groups in total. The third kappa shape index (κ3) is 5.06. The first-order valence-electron chi connectivity index (χ1n) is 8.76. The lowest BCUT2D eigenvalue weighted by molar-refractivity contribution is -0.126. The van der Waals surface area contributed by atoms with Gasteiger partial charge in [0.05, 0.1) is 13.3 Å². The maximum Gasteiger partial charge on any atom is 0.256 e. The quantitative estimate of drug-likeness (QED) is 0.721. The molecule has 1 heterocycles. The molecule has 0 aliphatic carbocycles. The SMILES string of the molecule is CC(C)(C)C=C(C(=O)N1CNCNC1)c1ccc(O)c(C(C)(C)C)c1. The number of nitrogens with zero attached hydrogens (tertiary/aromatic N) is 1. The molecule has 138 valence electrons. The highest BCUT2D eigenvalue weighted by Gasteiger charge is 2.25. The summed E-state index contributed by atoms with van der Waals surface area (Å²) in [6.07, 6.45) is 2.02. The first kappa shape index (κ1) is 19.5. The van der Waals surface area contributed by atoms with E-state index in [4.69, 9.17) is 0 Å². The topological polar surface area (TPSA) is 64.6 Å². The van der Waals surface area contributed by atoms with Crippen LogP contribution in [0, 0.1) is 5.41 Å². The number of hydrogen-bond donors (Lipinski definition) is 3. The minimum absolute atomic E-state index is 0.0137. The van der Waals surface area contributed by atoms with Crippen molar-refractivity contribution in [1.29, 1.82) is 0 Å². The van der Waals surface area contributed by atoms with Crippen LogP contribution in [0.1, 0.15) is 52.7 Å². The summed E-state index contributed by atoms with van der Waals surface area (Å²) in [5.41, 5.74) is 2.01. The maximum atomic E-state index is 13.1. The number of amides is 1. The Balaban J connectivity index is 2.50. The third-order valence-corrected chi connectivity index (χ3v) is 4.07. The van der Waals surface area contributed by atoms with Crippen molar-refractivity contribution in [2.24, 2.45) is 5.41 Å². The van der Waals surface area contributed by atoms with Gasteiger partial charge < -0.3 is 10.0 Å². The van der Waals surface area contributed by atoms with Crippen LogP contribution in [0.2, 0.25) is 0 Å². The molecular weight excluding hydrogens is 314 g/mol. The summed E-state index contributed by atoms with van der Waals surface area (Å²) in [4.78, 5) is 14.9. The molecule has 5 nitrogen and oxygen atoms in total. The molecule has 1 aliphatic rings. The first-order valence-corrected chi connectivity index (χ1v) is 8.76. The van der Waals surface area contributed by atoms with Crippen molar-refractivity contribution in [1.82, 2.24) is 15.5 Å². The lowest BCUT2D eigenvalue weighted by atomic mass is 9.83. The molecule has 0 aromatic heterocycles. The summed E-state index contributed by atoms with van der Waals surface area (Å²) < 4.78 is 0. The van der Waals surface area contributed by atoms with Crippen LogP contribution in [0.25, 0.3) is 5.57 Å². The van der Waals surface area contributed by atoms with Crippen molar-refractivity contribution in [3.05, 3.63) is 35.4 Å².